The van der Waals surface area contributed by atoms with Gasteiger partial charge in [0.2, 0.25) is 11.1 Å². The van der Waals surface area contributed by atoms with Gasteiger partial charge in [-0.05, 0) is 53.8 Å². The molecule has 0 bridgehead atoms. The second-order valence-electron chi connectivity index (χ2n) is 10.2. The van der Waals surface area contributed by atoms with Gasteiger partial charge in [-0.15, -0.1) is 15.2 Å². The monoisotopic (exact) mass is 627 g/mol. The van der Waals surface area contributed by atoms with Gasteiger partial charge in [-0.25, -0.2) is 9.59 Å². The van der Waals surface area contributed by atoms with Crippen LogP contribution < -0.4 is 4.74 Å². The largest absolute Gasteiger partial charge is 0.569 e. The number of aliphatic carboxylic acids is 1. The Kier molecular flexibility index (Phi) is 8.66. The van der Waals surface area contributed by atoms with Crippen molar-refractivity contribution in [2.24, 2.45) is 5.28 Å². The summed E-state index contributed by atoms with van der Waals surface area (Å²) in [5.41, 5.74) is 4.88. The Morgan fingerprint density at radius 2 is 1.91 bits per heavy atom. The second kappa shape index (κ2) is 13.3. The first-order valence-corrected chi connectivity index (χ1v) is 14.5. The van der Waals surface area contributed by atoms with Crippen LogP contribution in [0.25, 0.3) is 33.5 Å². The molecule has 1 aliphatic heterocycles. The van der Waals surface area contributed by atoms with Crippen molar-refractivity contribution in [3.8, 4) is 28.5 Å². The van der Waals surface area contributed by atoms with Crippen molar-refractivity contribution in [1.82, 2.24) is 35.2 Å². The van der Waals surface area contributed by atoms with E-state index < -0.39 is 24.8 Å². The van der Waals surface area contributed by atoms with E-state index in [1.807, 2.05) is 55.5 Å². The lowest BCUT2D eigenvalue weighted by atomic mass is 9.98. The van der Waals surface area contributed by atoms with Gasteiger partial charge in [0.05, 0.1) is 41.3 Å². The Bertz CT molecular complexity index is 1870. The summed E-state index contributed by atoms with van der Waals surface area (Å²) < 4.78 is 12.9. The number of rotatable bonds is 12. The predicted molar refractivity (Wildman–Crippen MR) is 160 cm³/mol. The highest BCUT2D eigenvalue weighted by molar-refractivity contribution is 6.02. The Hall–Kier alpha value is -6.06. The number of nitrogens with zero attached hydrogens (tertiary/aromatic N) is 8. The minimum absolute atomic E-state index is 0.0684. The first-order chi connectivity index (χ1) is 22.4. The maximum absolute atomic E-state index is 13.2. The SMILES string of the molecule is CCOc1nc2cccc(C(=O)OCO/N=[N+](\[O-])N3CCCC3C(=O)O)c2n1Cc1ccc(-c2ccccc2-c2nn[nH]n2)cc1. The van der Waals surface area contributed by atoms with E-state index in [0.29, 0.717) is 48.9 Å². The number of imidazole rings is 1. The number of aromatic nitrogens is 6. The molecule has 3 aromatic carbocycles. The van der Waals surface area contributed by atoms with Crippen molar-refractivity contribution in [1.29, 1.82) is 0 Å². The van der Waals surface area contributed by atoms with Gasteiger partial charge in [-0.2, -0.15) is 10.2 Å². The molecular formula is C30H29N9O7. The quantitative estimate of drug-likeness (QED) is 0.0508. The highest BCUT2D eigenvalue weighted by Crippen LogP contribution is 2.31. The number of fused-ring (bicyclic) bond motifs is 1. The van der Waals surface area contributed by atoms with Crippen LogP contribution in [-0.2, 0) is 20.9 Å². The lowest BCUT2D eigenvalue weighted by Crippen LogP contribution is -2.40. The van der Waals surface area contributed by atoms with Gasteiger partial charge in [0.25, 0.3) is 12.8 Å². The number of hydrazine groups is 1. The summed E-state index contributed by atoms with van der Waals surface area (Å²) in [6, 6.07) is 20.1. The molecule has 1 unspecified atom stereocenters. The molecule has 236 valence electrons. The first kappa shape index (κ1) is 30.0. The Morgan fingerprint density at radius 1 is 1.11 bits per heavy atom. The van der Waals surface area contributed by atoms with Crippen LogP contribution >= 0.6 is 0 Å². The van der Waals surface area contributed by atoms with E-state index in [1.54, 1.807) is 22.8 Å². The van der Waals surface area contributed by atoms with Gasteiger partial charge in [-0.1, -0.05) is 54.6 Å². The molecule has 6 rings (SSSR count). The fourth-order valence-corrected chi connectivity index (χ4v) is 5.38. The van der Waals surface area contributed by atoms with E-state index >= 15 is 0 Å². The van der Waals surface area contributed by atoms with E-state index in [-0.39, 0.29) is 17.1 Å². The lowest BCUT2D eigenvalue weighted by molar-refractivity contribution is -0.712. The number of hydrogen-bond donors (Lipinski definition) is 2. The molecule has 46 heavy (non-hydrogen) atoms. The average molecular weight is 628 g/mol. The van der Waals surface area contributed by atoms with Crippen LogP contribution in [0.5, 0.6) is 6.01 Å². The van der Waals surface area contributed by atoms with Crippen molar-refractivity contribution in [2.75, 3.05) is 19.9 Å². The summed E-state index contributed by atoms with van der Waals surface area (Å²) in [5.74, 6) is -1.37. The minimum atomic E-state index is -1.13. The number of benzene rings is 3. The maximum atomic E-state index is 13.2. The third-order valence-corrected chi connectivity index (χ3v) is 7.44. The molecule has 2 aromatic heterocycles. The molecule has 5 aromatic rings. The van der Waals surface area contributed by atoms with Crippen LogP contribution in [-0.4, -0.2) is 83.2 Å². The lowest BCUT2D eigenvalue weighted by Gasteiger charge is -2.16. The zero-order valence-electron chi connectivity index (χ0n) is 24.6. The zero-order valence-corrected chi connectivity index (χ0v) is 24.6. The molecule has 1 aliphatic rings. The fourth-order valence-electron chi connectivity index (χ4n) is 5.38. The maximum Gasteiger partial charge on any atom is 0.343 e. The van der Waals surface area contributed by atoms with E-state index in [4.69, 9.17) is 14.3 Å². The number of carboxylic acid groups (broad SMARTS) is 1. The van der Waals surface area contributed by atoms with Crippen molar-refractivity contribution in [2.45, 2.75) is 32.4 Å². The topological polar surface area (TPSA) is 196 Å². The van der Waals surface area contributed by atoms with Crippen LogP contribution in [0, 0.1) is 5.21 Å². The van der Waals surface area contributed by atoms with Crippen LogP contribution in [0.3, 0.4) is 0 Å². The zero-order chi connectivity index (χ0) is 32.0. The van der Waals surface area contributed by atoms with Crippen molar-refractivity contribution < 1.29 is 34.0 Å². The summed E-state index contributed by atoms with van der Waals surface area (Å²) in [7, 11) is 0. The van der Waals surface area contributed by atoms with Crippen molar-refractivity contribution in [3.63, 3.8) is 0 Å². The second-order valence-corrected chi connectivity index (χ2v) is 10.2. The van der Waals surface area contributed by atoms with Crippen LogP contribution in [0.4, 0.5) is 0 Å². The van der Waals surface area contributed by atoms with Crippen LogP contribution in [0.2, 0.25) is 0 Å². The molecule has 0 spiro atoms. The number of nitrogens with one attached hydrogen (secondary N) is 1. The number of hydrogen-bond acceptors (Lipinski definition) is 11. The molecule has 0 radical (unpaired) electrons. The van der Waals surface area contributed by atoms with Crippen molar-refractivity contribution >= 4 is 23.0 Å². The Morgan fingerprint density at radius 3 is 2.65 bits per heavy atom. The number of tetrazole rings is 1. The van der Waals surface area contributed by atoms with E-state index in [2.05, 4.69) is 30.9 Å². The predicted octanol–water partition coefficient (Wildman–Crippen LogP) is 3.80. The Balaban J connectivity index is 1.21. The number of aromatic amines is 1. The number of carbonyl (C=O) groups excluding carboxylic acids is 1. The first-order valence-electron chi connectivity index (χ1n) is 14.5. The fraction of sp³-hybridized carbons (Fsp3) is 0.267. The van der Waals surface area contributed by atoms with Crippen LogP contribution in [0.15, 0.2) is 72.0 Å². The summed E-state index contributed by atoms with van der Waals surface area (Å²) in [4.78, 5) is 34.1. The highest BCUT2D eigenvalue weighted by atomic mass is 16.8. The van der Waals surface area contributed by atoms with Gasteiger partial charge in [-0.3, -0.25) is 4.57 Å². The smallest absolute Gasteiger partial charge is 0.343 e. The minimum Gasteiger partial charge on any atom is -0.569 e. The molecule has 1 fully saturated rings. The molecule has 1 saturated heterocycles. The van der Waals surface area contributed by atoms with Gasteiger partial charge < -0.3 is 24.6 Å². The van der Waals surface area contributed by atoms with Gasteiger partial charge in [0, 0.05) is 5.56 Å². The molecule has 0 aliphatic carbocycles. The third-order valence-electron chi connectivity index (χ3n) is 7.44. The van der Waals surface area contributed by atoms with Gasteiger partial charge in [0.1, 0.15) is 0 Å². The molecule has 0 saturated carbocycles. The van der Waals surface area contributed by atoms with Crippen molar-refractivity contribution in [3.05, 3.63) is 83.1 Å². The van der Waals surface area contributed by atoms with Crippen LogP contribution in [0.1, 0.15) is 35.7 Å². The molecule has 1 atom stereocenters. The number of esters is 1. The van der Waals surface area contributed by atoms with E-state index in [1.165, 1.54) is 0 Å². The van der Waals surface area contributed by atoms with E-state index in [0.717, 1.165) is 27.3 Å². The standard InChI is InChI=1S/C30H29N9O7/c1-2-44-30-31-24-10-5-9-23(29(42)45-18-46-36-39(43)38-16-6-11-25(38)28(40)41)26(24)37(30)17-19-12-14-20(15-13-19)21-7-3-4-8-22(21)27-32-34-35-33-27/h3-5,7-10,12-15,25H,2,6,11,16-18H2,1H3,(H,40,41)(H,32,33,34,35)/b39-36-. The molecular weight excluding hydrogens is 598 g/mol. The Labute approximate surface area is 261 Å². The molecule has 3 heterocycles. The molecule has 2 N–H and O–H groups in total. The average Bonchev–Trinajstić information content (AvgIpc) is 3.85. The molecule has 16 heteroatoms. The van der Waals surface area contributed by atoms with E-state index in [9.17, 15) is 19.9 Å². The molecule has 0 amide bonds. The number of carbonyl (C=O) groups is 2. The summed E-state index contributed by atoms with van der Waals surface area (Å²) in [6.07, 6.45) is 0.848. The number of H-pyrrole nitrogens is 1. The number of carboxylic acids is 1. The number of ether oxygens (including phenoxy) is 2. The number of para-hydroxylation sites is 1. The third kappa shape index (κ3) is 6.12. The summed E-state index contributed by atoms with van der Waals surface area (Å²) in [6.45, 7) is 2.09. The summed E-state index contributed by atoms with van der Waals surface area (Å²) in [5, 5.41) is 40.2. The normalized spacial score (nSPS) is 14.8. The van der Waals surface area contributed by atoms with Gasteiger partial charge >= 0.3 is 11.9 Å². The highest BCUT2D eigenvalue weighted by Gasteiger charge is 2.37. The van der Waals surface area contributed by atoms with Gasteiger partial charge in [0.15, 0.2) is 6.04 Å². The molecule has 16 nitrogen and oxygen atoms in total. The summed E-state index contributed by atoms with van der Waals surface area (Å²) >= 11 is 0.